The van der Waals surface area contributed by atoms with E-state index in [4.69, 9.17) is 0 Å². The molecule has 2 aromatic rings. The van der Waals surface area contributed by atoms with Crippen molar-refractivity contribution < 1.29 is 13.2 Å². The molecule has 0 aromatic heterocycles. The van der Waals surface area contributed by atoms with Crippen molar-refractivity contribution in [3.8, 4) is 0 Å². The number of sulfonamides is 1. The standard InChI is InChI=1S/C23H33N3O3S/c1-5-25(6-2)22(19-12-10-9-11-13-19)18-24-23(27)20-14-16-21(17-15-20)30(28,29)26(7-3)8-4/h9-17,22H,5-8,18H2,1-4H3,(H,24,27). The molecule has 0 aliphatic heterocycles. The molecular weight excluding hydrogens is 398 g/mol. The second-order valence-electron chi connectivity index (χ2n) is 6.97. The van der Waals surface area contributed by atoms with Crippen molar-refractivity contribution in [3.05, 3.63) is 65.7 Å². The SMILES string of the molecule is CCN(CC)C(CNC(=O)c1ccc(S(=O)(=O)N(CC)CC)cc1)c1ccccc1. The molecule has 6 nitrogen and oxygen atoms in total. The van der Waals surface area contributed by atoms with Gasteiger partial charge in [0, 0.05) is 25.2 Å². The first kappa shape index (κ1) is 24.1. The minimum Gasteiger partial charge on any atom is -0.350 e. The summed E-state index contributed by atoms with van der Waals surface area (Å²) in [7, 11) is -3.53. The average Bonchev–Trinajstić information content (AvgIpc) is 2.77. The van der Waals surface area contributed by atoms with E-state index in [0.717, 1.165) is 18.7 Å². The largest absolute Gasteiger partial charge is 0.350 e. The lowest BCUT2D eigenvalue weighted by Crippen LogP contribution is -2.38. The zero-order valence-electron chi connectivity index (χ0n) is 18.3. The van der Waals surface area contributed by atoms with Crippen LogP contribution in [0, 0.1) is 0 Å². The van der Waals surface area contributed by atoms with Gasteiger partial charge in [-0.1, -0.05) is 58.0 Å². The topological polar surface area (TPSA) is 69.7 Å². The number of nitrogens with zero attached hydrogens (tertiary/aromatic N) is 2. The highest BCUT2D eigenvalue weighted by molar-refractivity contribution is 7.89. The average molecular weight is 432 g/mol. The summed E-state index contributed by atoms with van der Waals surface area (Å²) in [6.45, 7) is 10.9. The lowest BCUT2D eigenvalue weighted by Gasteiger charge is -2.30. The Morgan fingerprint density at radius 1 is 0.867 bits per heavy atom. The van der Waals surface area contributed by atoms with Crippen molar-refractivity contribution >= 4 is 15.9 Å². The van der Waals surface area contributed by atoms with Gasteiger partial charge in [0.2, 0.25) is 10.0 Å². The van der Waals surface area contributed by atoms with Gasteiger partial charge in [0.1, 0.15) is 0 Å². The predicted molar refractivity (Wildman–Crippen MR) is 121 cm³/mol. The molecule has 1 amide bonds. The summed E-state index contributed by atoms with van der Waals surface area (Å²) in [5.74, 6) is -0.213. The highest BCUT2D eigenvalue weighted by Crippen LogP contribution is 2.20. The molecule has 1 unspecified atom stereocenters. The molecule has 0 saturated carbocycles. The van der Waals surface area contributed by atoms with Crippen molar-refractivity contribution in [1.82, 2.24) is 14.5 Å². The number of likely N-dealkylation sites (N-methyl/N-ethyl adjacent to an activating group) is 1. The second kappa shape index (κ2) is 11.2. The van der Waals surface area contributed by atoms with Gasteiger partial charge >= 0.3 is 0 Å². The molecule has 0 bridgehead atoms. The Bertz CT molecular complexity index is 891. The van der Waals surface area contributed by atoms with Gasteiger partial charge in [0.05, 0.1) is 10.9 Å². The molecule has 0 aliphatic carbocycles. The second-order valence-corrected chi connectivity index (χ2v) is 8.91. The fraction of sp³-hybridized carbons (Fsp3) is 0.435. The third-order valence-corrected chi connectivity index (χ3v) is 7.42. The van der Waals surface area contributed by atoms with E-state index in [1.54, 1.807) is 12.1 Å². The van der Waals surface area contributed by atoms with Crippen molar-refractivity contribution in [2.24, 2.45) is 0 Å². The summed E-state index contributed by atoms with van der Waals surface area (Å²) < 4.78 is 26.6. The zero-order chi connectivity index (χ0) is 22.1. The quantitative estimate of drug-likeness (QED) is 0.591. The van der Waals surface area contributed by atoms with Crippen LogP contribution in [0.3, 0.4) is 0 Å². The Hall–Kier alpha value is -2.22. The molecule has 7 heteroatoms. The van der Waals surface area contributed by atoms with Gasteiger partial charge in [-0.05, 0) is 42.9 Å². The molecule has 2 rings (SSSR count). The van der Waals surface area contributed by atoms with Crippen LogP contribution >= 0.6 is 0 Å². The number of benzene rings is 2. The molecular formula is C23H33N3O3S. The van der Waals surface area contributed by atoms with Crippen LogP contribution in [0.25, 0.3) is 0 Å². The van der Waals surface area contributed by atoms with Gasteiger partial charge < -0.3 is 5.32 Å². The van der Waals surface area contributed by atoms with E-state index in [1.807, 2.05) is 32.0 Å². The number of hydrogen-bond acceptors (Lipinski definition) is 4. The minimum atomic E-state index is -3.53. The van der Waals surface area contributed by atoms with Crippen LogP contribution in [0.4, 0.5) is 0 Å². The van der Waals surface area contributed by atoms with Crippen LogP contribution in [0.5, 0.6) is 0 Å². The number of carbonyl (C=O) groups is 1. The molecule has 2 aromatic carbocycles. The lowest BCUT2D eigenvalue weighted by atomic mass is 10.0. The Kier molecular flexibility index (Phi) is 9.02. The normalized spacial score (nSPS) is 12.9. The molecule has 0 heterocycles. The van der Waals surface area contributed by atoms with E-state index in [-0.39, 0.29) is 16.8 Å². The van der Waals surface area contributed by atoms with Crippen molar-refractivity contribution in [2.75, 3.05) is 32.7 Å². The van der Waals surface area contributed by atoms with E-state index >= 15 is 0 Å². The summed E-state index contributed by atoms with van der Waals surface area (Å²) >= 11 is 0. The van der Waals surface area contributed by atoms with Crippen molar-refractivity contribution in [1.29, 1.82) is 0 Å². The minimum absolute atomic E-state index is 0.0764. The van der Waals surface area contributed by atoms with E-state index in [9.17, 15) is 13.2 Å². The van der Waals surface area contributed by atoms with Gasteiger partial charge in [-0.2, -0.15) is 4.31 Å². The van der Waals surface area contributed by atoms with E-state index in [1.165, 1.54) is 16.4 Å². The van der Waals surface area contributed by atoms with Gasteiger partial charge in [0.15, 0.2) is 0 Å². The van der Waals surface area contributed by atoms with Crippen LogP contribution in [0.15, 0.2) is 59.5 Å². The smallest absolute Gasteiger partial charge is 0.251 e. The maximum atomic E-state index is 12.7. The third kappa shape index (κ3) is 5.68. The van der Waals surface area contributed by atoms with Crippen LogP contribution in [-0.4, -0.2) is 56.3 Å². The van der Waals surface area contributed by atoms with Crippen LogP contribution in [0.2, 0.25) is 0 Å². The summed E-state index contributed by atoms with van der Waals surface area (Å²) in [5, 5.41) is 3.01. The Morgan fingerprint density at radius 2 is 1.43 bits per heavy atom. The number of nitrogens with one attached hydrogen (secondary N) is 1. The fourth-order valence-electron chi connectivity index (χ4n) is 3.58. The Morgan fingerprint density at radius 3 is 1.93 bits per heavy atom. The monoisotopic (exact) mass is 431 g/mol. The van der Waals surface area contributed by atoms with Gasteiger partial charge in [-0.25, -0.2) is 8.42 Å². The van der Waals surface area contributed by atoms with E-state index in [0.29, 0.717) is 25.2 Å². The molecule has 164 valence electrons. The maximum Gasteiger partial charge on any atom is 0.251 e. The highest BCUT2D eigenvalue weighted by Gasteiger charge is 2.22. The molecule has 0 fully saturated rings. The first-order valence-electron chi connectivity index (χ1n) is 10.6. The third-order valence-electron chi connectivity index (χ3n) is 5.35. The molecule has 0 aliphatic rings. The Balaban J connectivity index is 2.13. The predicted octanol–water partition coefficient (Wildman–Crippen LogP) is 3.53. The van der Waals surface area contributed by atoms with Gasteiger partial charge in [0.25, 0.3) is 5.91 Å². The summed E-state index contributed by atoms with van der Waals surface area (Å²) in [4.78, 5) is 15.2. The number of rotatable bonds is 11. The molecule has 1 atom stereocenters. The lowest BCUT2D eigenvalue weighted by molar-refractivity contribution is 0.0935. The maximum absolute atomic E-state index is 12.7. The van der Waals surface area contributed by atoms with Gasteiger partial charge in [-0.3, -0.25) is 9.69 Å². The number of amides is 1. The van der Waals surface area contributed by atoms with Crippen molar-refractivity contribution in [2.45, 2.75) is 38.6 Å². The fourth-order valence-corrected chi connectivity index (χ4v) is 5.04. The van der Waals surface area contributed by atoms with E-state index < -0.39 is 10.0 Å². The molecule has 0 saturated heterocycles. The van der Waals surface area contributed by atoms with E-state index in [2.05, 4.69) is 36.2 Å². The summed E-state index contributed by atoms with van der Waals surface area (Å²) in [5.41, 5.74) is 1.60. The summed E-state index contributed by atoms with van der Waals surface area (Å²) in [6.07, 6.45) is 0. The van der Waals surface area contributed by atoms with Gasteiger partial charge in [-0.15, -0.1) is 0 Å². The van der Waals surface area contributed by atoms with Crippen molar-refractivity contribution in [3.63, 3.8) is 0 Å². The Labute approximate surface area is 180 Å². The summed E-state index contributed by atoms with van der Waals surface area (Å²) in [6, 6.07) is 16.3. The number of hydrogen-bond donors (Lipinski definition) is 1. The highest BCUT2D eigenvalue weighted by atomic mass is 32.2. The molecule has 0 radical (unpaired) electrons. The van der Waals surface area contributed by atoms with Crippen LogP contribution in [-0.2, 0) is 10.0 Å². The zero-order valence-corrected chi connectivity index (χ0v) is 19.2. The first-order valence-corrected chi connectivity index (χ1v) is 12.0. The molecule has 0 spiro atoms. The first-order chi connectivity index (χ1) is 14.4. The van der Waals surface area contributed by atoms with Crippen LogP contribution in [0.1, 0.15) is 49.7 Å². The molecule has 30 heavy (non-hydrogen) atoms. The molecule has 1 N–H and O–H groups in total. The number of carbonyl (C=O) groups excluding carboxylic acids is 1. The van der Waals surface area contributed by atoms with Crippen LogP contribution < -0.4 is 5.32 Å².